The van der Waals surface area contributed by atoms with Crippen molar-refractivity contribution in [3.8, 4) is 0 Å². The van der Waals surface area contributed by atoms with E-state index in [9.17, 15) is 14.4 Å². The maximum atomic E-state index is 11.5. The summed E-state index contributed by atoms with van der Waals surface area (Å²) in [6.07, 6.45) is 16.3. The molecule has 0 bridgehead atoms. The molecule has 0 fully saturated rings. The molecule has 0 unspecified atom stereocenters. The van der Waals surface area contributed by atoms with Gasteiger partial charge in [0.2, 0.25) is 0 Å². The molecule has 0 saturated heterocycles. The lowest BCUT2D eigenvalue weighted by Crippen LogP contribution is -2.11. The molecule has 1 aliphatic rings. The second-order valence-electron chi connectivity index (χ2n) is 7.98. The normalized spacial score (nSPS) is 15.1. The van der Waals surface area contributed by atoms with Crippen LogP contribution in [0.2, 0.25) is 0 Å². The Morgan fingerprint density at radius 1 is 0.821 bits per heavy atom. The van der Waals surface area contributed by atoms with E-state index in [1.54, 1.807) is 6.92 Å². The minimum Gasteiger partial charge on any atom is -0.463 e. The highest BCUT2D eigenvalue weighted by atomic mass is 16.6. The van der Waals surface area contributed by atoms with Crippen LogP contribution in [0.15, 0.2) is 11.1 Å². The predicted octanol–water partition coefficient (Wildman–Crippen LogP) is 5.80. The largest absolute Gasteiger partial charge is 0.463 e. The van der Waals surface area contributed by atoms with Crippen molar-refractivity contribution < 1.29 is 23.9 Å². The molecule has 5 heteroatoms. The van der Waals surface area contributed by atoms with Gasteiger partial charge in [-0.3, -0.25) is 4.79 Å². The predicted molar refractivity (Wildman–Crippen MR) is 110 cm³/mol. The summed E-state index contributed by atoms with van der Waals surface area (Å²) in [6, 6.07) is 0. The Labute approximate surface area is 170 Å². The zero-order valence-electron chi connectivity index (χ0n) is 18.0. The first-order valence-electron chi connectivity index (χ1n) is 11.0. The monoisotopic (exact) mass is 394 g/mol. The maximum absolute atomic E-state index is 11.5. The van der Waals surface area contributed by atoms with E-state index in [1.165, 1.54) is 64.7 Å². The van der Waals surface area contributed by atoms with Gasteiger partial charge < -0.3 is 9.47 Å². The van der Waals surface area contributed by atoms with E-state index >= 15 is 0 Å². The average Bonchev–Trinajstić information content (AvgIpc) is 2.87. The van der Waals surface area contributed by atoms with Gasteiger partial charge in [0.05, 0.1) is 6.10 Å². The number of ether oxygens (including phenoxy) is 2. The van der Waals surface area contributed by atoms with Gasteiger partial charge in [-0.05, 0) is 39.5 Å². The first-order valence-corrected chi connectivity index (χ1v) is 11.0. The van der Waals surface area contributed by atoms with Crippen molar-refractivity contribution in [1.29, 1.82) is 0 Å². The number of unbranched alkanes of at least 4 members (excludes halogenated alkanes) is 11. The number of carbonyl (C=O) groups excluding carboxylic acids is 3. The van der Waals surface area contributed by atoms with E-state index in [2.05, 4.69) is 4.74 Å². The Morgan fingerprint density at radius 3 is 1.71 bits per heavy atom. The standard InChI is InChI=1S/C23H38O5/c1-18(27-20(3)24)16-14-12-10-8-6-4-5-7-9-11-13-15-17-21-19(2)22(25)28-23(21)26/h18H,4-17H2,1-3H3/t18-/m0/s1. The molecule has 0 amide bonds. The number of cyclic esters (lactones) is 2. The lowest BCUT2D eigenvalue weighted by Gasteiger charge is -2.11. The van der Waals surface area contributed by atoms with Crippen LogP contribution in [0.3, 0.4) is 0 Å². The quantitative estimate of drug-likeness (QED) is 0.188. The van der Waals surface area contributed by atoms with Crippen molar-refractivity contribution >= 4 is 17.9 Å². The molecule has 0 N–H and O–H groups in total. The van der Waals surface area contributed by atoms with Crippen LogP contribution in [-0.2, 0) is 23.9 Å². The number of esters is 3. The molecule has 0 radical (unpaired) electrons. The first kappa shape index (κ1) is 24.4. The summed E-state index contributed by atoms with van der Waals surface area (Å²) in [5.74, 6) is -1.10. The fraction of sp³-hybridized carbons (Fsp3) is 0.783. The molecule has 0 aliphatic carbocycles. The van der Waals surface area contributed by atoms with Gasteiger partial charge >= 0.3 is 17.9 Å². The molecule has 160 valence electrons. The summed E-state index contributed by atoms with van der Waals surface area (Å²) in [6.45, 7) is 5.10. The molecule has 1 heterocycles. The van der Waals surface area contributed by atoms with Gasteiger partial charge in [-0.25, -0.2) is 9.59 Å². The highest BCUT2D eigenvalue weighted by molar-refractivity contribution is 6.11. The maximum Gasteiger partial charge on any atom is 0.342 e. The van der Waals surface area contributed by atoms with E-state index in [0.717, 1.165) is 25.7 Å². The van der Waals surface area contributed by atoms with Gasteiger partial charge in [-0.1, -0.05) is 64.2 Å². The van der Waals surface area contributed by atoms with Gasteiger partial charge in [-0.15, -0.1) is 0 Å². The zero-order valence-corrected chi connectivity index (χ0v) is 18.0. The van der Waals surface area contributed by atoms with E-state index in [-0.39, 0.29) is 12.1 Å². The molecule has 1 atom stereocenters. The molecule has 0 aromatic rings. The van der Waals surface area contributed by atoms with E-state index < -0.39 is 11.9 Å². The van der Waals surface area contributed by atoms with Crippen molar-refractivity contribution in [1.82, 2.24) is 0 Å². The van der Waals surface area contributed by atoms with Crippen molar-refractivity contribution in [2.75, 3.05) is 0 Å². The van der Waals surface area contributed by atoms with Gasteiger partial charge in [0.25, 0.3) is 0 Å². The summed E-state index contributed by atoms with van der Waals surface area (Å²) in [5.41, 5.74) is 1.06. The number of carbonyl (C=O) groups is 3. The Morgan fingerprint density at radius 2 is 1.29 bits per heavy atom. The van der Waals surface area contributed by atoms with Crippen LogP contribution in [0.4, 0.5) is 0 Å². The molecular formula is C23H38O5. The van der Waals surface area contributed by atoms with E-state index in [4.69, 9.17) is 4.74 Å². The average molecular weight is 395 g/mol. The molecule has 0 saturated carbocycles. The van der Waals surface area contributed by atoms with Crippen molar-refractivity contribution in [2.24, 2.45) is 0 Å². The van der Waals surface area contributed by atoms with Gasteiger partial charge in [-0.2, -0.15) is 0 Å². The third kappa shape index (κ3) is 10.6. The van der Waals surface area contributed by atoms with Gasteiger partial charge in [0, 0.05) is 18.1 Å². The highest BCUT2D eigenvalue weighted by Gasteiger charge is 2.28. The second-order valence-corrected chi connectivity index (χ2v) is 7.98. The number of rotatable bonds is 16. The van der Waals surface area contributed by atoms with Crippen LogP contribution < -0.4 is 0 Å². The molecule has 0 aromatic heterocycles. The lowest BCUT2D eigenvalue weighted by atomic mass is 10.0. The van der Waals surface area contributed by atoms with Crippen molar-refractivity contribution in [2.45, 2.75) is 117 Å². The van der Waals surface area contributed by atoms with Crippen LogP contribution in [-0.4, -0.2) is 24.0 Å². The number of hydrogen-bond acceptors (Lipinski definition) is 5. The molecule has 1 aliphatic heterocycles. The summed E-state index contributed by atoms with van der Waals surface area (Å²) < 4.78 is 9.73. The van der Waals surface area contributed by atoms with Crippen molar-refractivity contribution in [3.05, 3.63) is 11.1 Å². The zero-order chi connectivity index (χ0) is 20.8. The minimum absolute atomic E-state index is 0.0488. The molecular weight excluding hydrogens is 356 g/mol. The Balaban J connectivity index is 1.83. The highest BCUT2D eigenvalue weighted by Crippen LogP contribution is 2.22. The fourth-order valence-electron chi connectivity index (χ4n) is 3.63. The molecule has 0 aromatic carbocycles. The number of hydrogen-bond donors (Lipinski definition) is 0. The van der Waals surface area contributed by atoms with Crippen LogP contribution in [0, 0.1) is 0 Å². The van der Waals surface area contributed by atoms with Gasteiger partial charge in [0.1, 0.15) is 0 Å². The third-order valence-electron chi connectivity index (χ3n) is 5.35. The summed E-state index contributed by atoms with van der Waals surface area (Å²) in [4.78, 5) is 33.6. The second kappa shape index (κ2) is 14.4. The molecule has 0 spiro atoms. The van der Waals surface area contributed by atoms with Crippen LogP contribution in [0.5, 0.6) is 0 Å². The van der Waals surface area contributed by atoms with E-state index in [1.807, 2.05) is 6.92 Å². The smallest absolute Gasteiger partial charge is 0.342 e. The fourth-order valence-corrected chi connectivity index (χ4v) is 3.63. The Hall–Kier alpha value is -1.65. The topological polar surface area (TPSA) is 69.7 Å². The summed E-state index contributed by atoms with van der Waals surface area (Å²) in [5, 5.41) is 0. The summed E-state index contributed by atoms with van der Waals surface area (Å²) >= 11 is 0. The molecule has 28 heavy (non-hydrogen) atoms. The minimum atomic E-state index is -0.475. The van der Waals surface area contributed by atoms with Crippen LogP contribution in [0.1, 0.15) is 111 Å². The third-order valence-corrected chi connectivity index (χ3v) is 5.35. The molecule has 1 rings (SSSR count). The summed E-state index contributed by atoms with van der Waals surface area (Å²) in [7, 11) is 0. The lowest BCUT2D eigenvalue weighted by molar-refractivity contribution is -0.151. The van der Waals surface area contributed by atoms with Crippen molar-refractivity contribution in [3.63, 3.8) is 0 Å². The Bertz CT molecular complexity index is 535. The van der Waals surface area contributed by atoms with Crippen LogP contribution >= 0.6 is 0 Å². The first-order chi connectivity index (χ1) is 13.4. The van der Waals surface area contributed by atoms with Crippen LogP contribution in [0.25, 0.3) is 0 Å². The molecule has 5 nitrogen and oxygen atoms in total. The van der Waals surface area contributed by atoms with Gasteiger partial charge in [0.15, 0.2) is 0 Å². The Kier molecular flexibility index (Phi) is 12.5. The van der Waals surface area contributed by atoms with E-state index in [0.29, 0.717) is 17.6 Å². The SMILES string of the molecule is CC(=O)O[C@@H](C)CCCCCCCCCCCCCCC1=C(C)C(=O)OC1=O.